The van der Waals surface area contributed by atoms with E-state index in [1.54, 1.807) is 0 Å². The van der Waals surface area contributed by atoms with Crippen LogP contribution in [0.15, 0.2) is 146 Å². The van der Waals surface area contributed by atoms with Crippen molar-refractivity contribution in [2.45, 2.75) is 0 Å². The molecule has 5 N–H and O–H groups in total. The number of hydrogen-bond acceptors (Lipinski definition) is 7. The fourth-order valence-electron chi connectivity index (χ4n) is 5.96. The number of anilines is 6. The molecule has 0 amide bonds. The van der Waals surface area contributed by atoms with Gasteiger partial charge in [0.25, 0.3) is 0 Å². The van der Waals surface area contributed by atoms with Crippen molar-refractivity contribution < 1.29 is 5.11 Å². The second-order valence-electron chi connectivity index (χ2n) is 13.5. The molecule has 7 nitrogen and oxygen atoms in total. The number of nitrogens with one attached hydrogen (secondary N) is 2. The maximum atomic E-state index is 10.6. The molecule has 0 aliphatic carbocycles. The van der Waals surface area contributed by atoms with Crippen LogP contribution in [-0.2, 0) is 0 Å². The average molecular weight is 727 g/mol. The quantitative estimate of drug-likeness (QED) is 0.0449. The summed E-state index contributed by atoms with van der Waals surface area (Å²) in [7, 11) is 6.02. The van der Waals surface area contributed by atoms with Crippen LogP contribution >= 0.6 is 0 Å². The molecule has 6 aromatic rings. The summed E-state index contributed by atoms with van der Waals surface area (Å²) in [5, 5.41) is 17.4. The van der Waals surface area contributed by atoms with Crippen molar-refractivity contribution in [2.75, 3.05) is 72.3 Å². The Balaban J connectivity index is 1.15. The zero-order chi connectivity index (χ0) is 38.4. The van der Waals surface area contributed by atoms with Gasteiger partial charge >= 0.3 is 0 Å². The third-order valence-electron chi connectivity index (χ3n) is 9.36. The zero-order valence-corrected chi connectivity index (χ0v) is 31.8. The van der Waals surface area contributed by atoms with E-state index in [1.165, 1.54) is 5.69 Å². The first kappa shape index (κ1) is 38.0. The molecular weight excluding hydrogens is 677 g/mol. The molecular formula is C48H50N6O. The highest BCUT2D eigenvalue weighted by Crippen LogP contribution is 2.23. The van der Waals surface area contributed by atoms with E-state index in [9.17, 15) is 5.11 Å². The van der Waals surface area contributed by atoms with E-state index in [0.29, 0.717) is 13.3 Å². The monoisotopic (exact) mass is 726 g/mol. The SMILES string of the molecule is CNc1ccc(/C=C/c2ccc(N(CNc3ccc(/C=C/c4ccc(N(C)C)cc4)cc3)CN(CO)c3ccc(/C=C/c4ccc(N)cc4)cc3)cc2)cc1. The van der Waals surface area contributed by atoms with Crippen LogP contribution in [0.1, 0.15) is 33.4 Å². The van der Waals surface area contributed by atoms with E-state index in [4.69, 9.17) is 5.73 Å². The smallest absolute Gasteiger partial charge is 0.117 e. The lowest BCUT2D eigenvalue weighted by Gasteiger charge is -2.33. The summed E-state index contributed by atoms with van der Waals surface area (Å²) >= 11 is 0. The van der Waals surface area contributed by atoms with Gasteiger partial charge in [0, 0.05) is 55.3 Å². The molecule has 7 heteroatoms. The predicted molar refractivity (Wildman–Crippen MR) is 239 cm³/mol. The lowest BCUT2D eigenvalue weighted by molar-refractivity contribution is 0.290. The molecule has 0 spiro atoms. The molecule has 6 rings (SSSR count). The van der Waals surface area contributed by atoms with Gasteiger partial charge in [0.15, 0.2) is 0 Å². The summed E-state index contributed by atoms with van der Waals surface area (Å²) in [6.45, 7) is 0.854. The maximum absolute atomic E-state index is 10.6. The van der Waals surface area contributed by atoms with Crippen LogP contribution in [0, 0.1) is 0 Å². The number of hydrogen-bond donors (Lipinski definition) is 4. The molecule has 0 unspecified atom stereocenters. The molecule has 0 aliphatic heterocycles. The normalized spacial score (nSPS) is 11.3. The van der Waals surface area contributed by atoms with Crippen LogP contribution < -0.4 is 31.1 Å². The van der Waals surface area contributed by atoms with Crippen molar-refractivity contribution in [3.63, 3.8) is 0 Å². The summed E-state index contributed by atoms with van der Waals surface area (Å²) in [6.07, 6.45) is 12.7. The number of nitrogen functional groups attached to an aromatic ring is 1. The molecule has 0 fully saturated rings. The highest BCUT2D eigenvalue weighted by molar-refractivity contribution is 5.74. The van der Waals surface area contributed by atoms with Crippen molar-refractivity contribution in [3.05, 3.63) is 179 Å². The van der Waals surface area contributed by atoms with Crippen LogP contribution in [0.4, 0.5) is 34.1 Å². The fourth-order valence-corrected chi connectivity index (χ4v) is 5.96. The molecule has 0 saturated heterocycles. The molecule has 0 bridgehead atoms. The first-order valence-corrected chi connectivity index (χ1v) is 18.4. The van der Waals surface area contributed by atoms with Gasteiger partial charge in [-0.05, 0) is 106 Å². The van der Waals surface area contributed by atoms with Gasteiger partial charge in [0.05, 0.1) is 13.3 Å². The highest BCUT2D eigenvalue weighted by atomic mass is 16.3. The van der Waals surface area contributed by atoms with Gasteiger partial charge in [-0.15, -0.1) is 0 Å². The second-order valence-corrected chi connectivity index (χ2v) is 13.5. The number of aliphatic hydroxyl groups excluding tert-OH is 1. The molecule has 0 aromatic heterocycles. The van der Waals surface area contributed by atoms with E-state index in [0.717, 1.165) is 61.8 Å². The first-order valence-electron chi connectivity index (χ1n) is 18.4. The second kappa shape index (κ2) is 18.9. The van der Waals surface area contributed by atoms with Gasteiger partial charge in [-0.2, -0.15) is 0 Å². The summed E-state index contributed by atoms with van der Waals surface area (Å²) < 4.78 is 0. The Bertz CT molecular complexity index is 2150. The zero-order valence-electron chi connectivity index (χ0n) is 31.8. The third kappa shape index (κ3) is 11.2. The van der Waals surface area contributed by atoms with E-state index in [-0.39, 0.29) is 6.73 Å². The molecule has 0 radical (unpaired) electrons. The standard InChI is InChI=1S/C48H50N6O/c1-50-44-24-12-38(13-25-44)5-9-41-18-30-47(31-19-41)53(34-51-45-26-14-39(15-27-45)6-8-40-16-28-46(29-17-40)52(2)3)35-54(36-55)48-32-20-42(21-33-48)7-4-37-10-22-43(49)23-11-37/h4-33,50-51,55H,34-36,49H2,1-3H3/b7-4+,8-6+,9-5+. The first-order chi connectivity index (χ1) is 26.8. The lowest BCUT2D eigenvalue weighted by Crippen LogP contribution is -2.41. The van der Waals surface area contributed by atoms with Gasteiger partial charge in [-0.3, -0.25) is 0 Å². The number of benzene rings is 6. The third-order valence-corrected chi connectivity index (χ3v) is 9.36. The minimum Gasteiger partial charge on any atom is -0.399 e. The molecule has 0 aliphatic rings. The summed E-state index contributed by atoms with van der Waals surface area (Å²) in [6, 6.07) is 49.8. The van der Waals surface area contributed by atoms with Crippen molar-refractivity contribution in [2.24, 2.45) is 0 Å². The predicted octanol–water partition coefficient (Wildman–Crippen LogP) is 10.2. The van der Waals surface area contributed by atoms with Crippen molar-refractivity contribution >= 4 is 70.6 Å². The fraction of sp³-hybridized carbons (Fsp3) is 0.125. The van der Waals surface area contributed by atoms with E-state index < -0.39 is 0 Å². The Hall–Kier alpha value is -6.70. The van der Waals surface area contributed by atoms with E-state index in [2.05, 4.69) is 166 Å². The molecule has 0 atom stereocenters. The Kier molecular flexibility index (Phi) is 13.1. The lowest BCUT2D eigenvalue weighted by atomic mass is 10.1. The maximum Gasteiger partial charge on any atom is 0.117 e. The average Bonchev–Trinajstić information content (AvgIpc) is 3.23. The Morgan fingerprint density at radius 2 is 0.818 bits per heavy atom. The summed E-state index contributed by atoms with van der Waals surface area (Å²) in [5.41, 5.74) is 18.5. The largest absolute Gasteiger partial charge is 0.399 e. The number of aliphatic hydroxyl groups is 1. The summed E-state index contributed by atoms with van der Waals surface area (Å²) in [4.78, 5) is 6.28. The highest BCUT2D eigenvalue weighted by Gasteiger charge is 2.13. The molecule has 0 heterocycles. The molecule has 55 heavy (non-hydrogen) atoms. The van der Waals surface area contributed by atoms with Crippen LogP contribution in [0.3, 0.4) is 0 Å². The van der Waals surface area contributed by atoms with E-state index in [1.807, 2.05) is 62.4 Å². The Morgan fingerprint density at radius 1 is 0.473 bits per heavy atom. The van der Waals surface area contributed by atoms with Gasteiger partial charge in [-0.25, -0.2) is 0 Å². The van der Waals surface area contributed by atoms with Crippen LogP contribution in [0.5, 0.6) is 0 Å². The van der Waals surface area contributed by atoms with E-state index >= 15 is 0 Å². The number of rotatable bonds is 16. The van der Waals surface area contributed by atoms with Gasteiger partial charge in [0.2, 0.25) is 0 Å². The van der Waals surface area contributed by atoms with Gasteiger partial charge in [-0.1, -0.05) is 109 Å². The minimum atomic E-state index is -0.136. The topological polar surface area (TPSA) is 80.0 Å². The molecule has 278 valence electrons. The number of nitrogens with zero attached hydrogens (tertiary/aromatic N) is 3. The van der Waals surface area contributed by atoms with Crippen molar-refractivity contribution in [3.8, 4) is 0 Å². The van der Waals surface area contributed by atoms with Gasteiger partial charge < -0.3 is 36.2 Å². The Morgan fingerprint density at radius 3 is 1.20 bits per heavy atom. The minimum absolute atomic E-state index is 0.136. The molecule has 6 aromatic carbocycles. The van der Waals surface area contributed by atoms with Crippen LogP contribution in [0.25, 0.3) is 36.5 Å². The van der Waals surface area contributed by atoms with Crippen molar-refractivity contribution in [1.29, 1.82) is 0 Å². The number of nitrogens with two attached hydrogens (primary N) is 1. The Labute approximate surface area is 326 Å². The van der Waals surface area contributed by atoms with Crippen LogP contribution in [-0.4, -0.2) is 46.3 Å². The van der Waals surface area contributed by atoms with Crippen molar-refractivity contribution in [1.82, 2.24) is 0 Å². The summed E-state index contributed by atoms with van der Waals surface area (Å²) in [5.74, 6) is 0. The van der Waals surface area contributed by atoms with Gasteiger partial charge in [0.1, 0.15) is 6.73 Å². The van der Waals surface area contributed by atoms with Crippen LogP contribution in [0.2, 0.25) is 0 Å². The molecule has 0 saturated carbocycles.